The molecule has 0 spiro atoms. The van der Waals surface area contributed by atoms with Gasteiger partial charge >= 0.3 is 5.97 Å². The van der Waals surface area contributed by atoms with Crippen molar-refractivity contribution in [3.63, 3.8) is 0 Å². The van der Waals surface area contributed by atoms with Crippen molar-refractivity contribution in [1.82, 2.24) is 4.98 Å². The smallest absolute Gasteiger partial charge is 0.326 e. The number of carboxylic acid groups (broad SMARTS) is 1. The largest absolute Gasteiger partial charge is 0.480 e. The Morgan fingerprint density at radius 3 is 2.83 bits per heavy atom. The number of carboxylic acids is 1. The van der Waals surface area contributed by atoms with Crippen molar-refractivity contribution in [3.05, 3.63) is 11.1 Å². The number of nitrogens with one attached hydrogen (secondary N) is 1. The van der Waals surface area contributed by atoms with Gasteiger partial charge in [-0.1, -0.05) is 20.3 Å². The number of thiazole rings is 1. The zero-order chi connectivity index (χ0) is 13.7. The summed E-state index contributed by atoms with van der Waals surface area (Å²) < 4.78 is 0. The average Bonchev–Trinajstić information content (AvgIpc) is 2.75. The molecule has 1 heterocycles. The Bertz CT molecular complexity index is 394. The van der Waals surface area contributed by atoms with E-state index in [0.29, 0.717) is 17.7 Å². The summed E-state index contributed by atoms with van der Waals surface area (Å²) in [5, 5.41) is 14.5. The van der Waals surface area contributed by atoms with Gasteiger partial charge in [-0.3, -0.25) is 4.79 Å². The highest BCUT2D eigenvalue weighted by molar-refractivity contribution is 7.13. The molecule has 3 atom stereocenters. The van der Waals surface area contributed by atoms with Crippen LogP contribution in [0, 0.1) is 5.92 Å². The van der Waals surface area contributed by atoms with Crippen LogP contribution < -0.4 is 11.1 Å². The maximum Gasteiger partial charge on any atom is 0.326 e. The summed E-state index contributed by atoms with van der Waals surface area (Å²) in [6.07, 6.45) is 2.22. The minimum atomic E-state index is -1.06. The molecule has 4 N–H and O–H groups in total. The van der Waals surface area contributed by atoms with Gasteiger partial charge in [-0.2, -0.15) is 0 Å². The van der Waals surface area contributed by atoms with Gasteiger partial charge in [0.25, 0.3) is 0 Å². The first-order valence-electron chi connectivity index (χ1n) is 6.14. The molecule has 1 rings (SSSR count). The number of aromatic nitrogens is 1. The van der Waals surface area contributed by atoms with Crippen molar-refractivity contribution in [1.29, 1.82) is 0 Å². The van der Waals surface area contributed by atoms with Gasteiger partial charge in [-0.15, -0.1) is 11.3 Å². The van der Waals surface area contributed by atoms with Crippen molar-refractivity contribution in [2.45, 2.75) is 45.7 Å². The molecule has 0 saturated carbocycles. The molecule has 0 radical (unpaired) electrons. The molecule has 102 valence electrons. The highest BCUT2D eigenvalue weighted by Gasteiger charge is 2.18. The molecule has 1 aromatic rings. The molecule has 0 amide bonds. The maximum atomic E-state index is 10.7. The predicted molar refractivity (Wildman–Crippen MR) is 73.8 cm³/mol. The highest BCUT2D eigenvalue weighted by atomic mass is 32.1. The standard InChI is InChI=1S/C12H21N3O2S/c1-4-7(2)5-8(3)14-12-15-9(6-18-12)10(13)11(16)17/h6-8,10H,4-5,13H2,1-3H3,(H,14,15)(H,16,17). The number of nitrogens with zero attached hydrogens (tertiary/aromatic N) is 1. The third-order valence-electron chi connectivity index (χ3n) is 2.93. The number of aliphatic carboxylic acids is 1. The summed E-state index contributed by atoms with van der Waals surface area (Å²) in [4.78, 5) is 14.9. The SMILES string of the molecule is CCC(C)CC(C)Nc1nc(C(N)C(=O)O)cs1. The van der Waals surface area contributed by atoms with Crippen LogP contribution >= 0.6 is 11.3 Å². The van der Waals surface area contributed by atoms with E-state index in [1.807, 2.05) is 0 Å². The zero-order valence-electron chi connectivity index (χ0n) is 11.0. The first kappa shape index (κ1) is 14.9. The van der Waals surface area contributed by atoms with Gasteiger partial charge in [0.15, 0.2) is 5.13 Å². The van der Waals surface area contributed by atoms with Crippen LogP contribution in [0.5, 0.6) is 0 Å². The van der Waals surface area contributed by atoms with E-state index in [0.717, 1.165) is 18.0 Å². The van der Waals surface area contributed by atoms with Crippen LogP contribution in [0.3, 0.4) is 0 Å². The van der Waals surface area contributed by atoms with E-state index < -0.39 is 12.0 Å². The van der Waals surface area contributed by atoms with Crippen LogP contribution in [0.1, 0.15) is 45.3 Å². The molecule has 18 heavy (non-hydrogen) atoms. The zero-order valence-corrected chi connectivity index (χ0v) is 11.8. The van der Waals surface area contributed by atoms with E-state index in [-0.39, 0.29) is 0 Å². The summed E-state index contributed by atoms with van der Waals surface area (Å²) in [5.74, 6) is -0.396. The molecular formula is C12H21N3O2S. The first-order valence-corrected chi connectivity index (χ1v) is 7.02. The number of hydrogen-bond donors (Lipinski definition) is 3. The lowest BCUT2D eigenvalue weighted by atomic mass is 10.0. The van der Waals surface area contributed by atoms with Crippen LogP contribution in [-0.4, -0.2) is 22.1 Å². The fourth-order valence-corrected chi connectivity index (χ4v) is 2.52. The van der Waals surface area contributed by atoms with E-state index in [1.54, 1.807) is 5.38 Å². The van der Waals surface area contributed by atoms with E-state index >= 15 is 0 Å². The third-order valence-corrected chi connectivity index (χ3v) is 3.72. The van der Waals surface area contributed by atoms with Crippen LogP contribution in [0.2, 0.25) is 0 Å². The van der Waals surface area contributed by atoms with E-state index in [9.17, 15) is 4.79 Å². The Balaban J connectivity index is 2.56. The number of carbonyl (C=O) groups is 1. The van der Waals surface area contributed by atoms with E-state index in [4.69, 9.17) is 10.8 Å². The Morgan fingerprint density at radius 1 is 1.61 bits per heavy atom. The number of anilines is 1. The molecule has 0 aliphatic rings. The molecule has 0 saturated heterocycles. The molecule has 1 aromatic heterocycles. The predicted octanol–water partition coefficient (Wildman–Crippen LogP) is 2.46. The monoisotopic (exact) mass is 271 g/mol. The van der Waals surface area contributed by atoms with Crippen LogP contribution in [0.25, 0.3) is 0 Å². The van der Waals surface area contributed by atoms with Crippen molar-refractivity contribution in [2.75, 3.05) is 5.32 Å². The van der Waals surface area contributed by atoms with Crippen LogP contribution in [0.15, 0.2) is 5.38 Å². The maximum absolute atomic E-state index is 10.7. The lowest BCUT2D eigenvalue weighted by Gasteiger charge is -2.16. The molecule has 0 fully saturated rings. The molecule has 3 unspecified atom stereocenters. The van der Waals surface area contributed by atoms with E-state index in [2.05, 4.69) is 31.1 Å². The van der Waals surface area contributed by atoms with Crippen molar-refractivity contribution >= 4 is 22.4 Å². The van der Waals surface area contributed by atoms with Crippen LogP contribution in [-0.2, 0) is 4.79 Å². The van der Waals surface area contributed by atoms with Gasteiger partial charge in [-0.25, -0.2) is 4.98 Å². The Kier molecular flexibility index (Phi) is 5.55. The fraction of sp³-hybridized carbons (Fsp3) is 0.667. The molecular weight excluding hydrogens is 250 g/mol. The second-order valence-electron chi connectivity index (χ2n) is 4.69. The van der Waals surface area contributed by atoms with Crippen LogP contribution in [0.4, 0.5) is 5.13 Å². The van der Waals surface area contributed by atoms with Gasteiger partial charge in [-0.05, 0) is 19.3 Å². The normalized spacial score (nSPS) is 16.0. The number of hydrogen-bond acceptors (Lipinski definition) is 5. The van der Waals surface area contributed by atoms with Gasteiger partial charge in [0, 0.05) is 11.4 Å². The minimum absolute atomic E-state index is 0.319. The molecule has 0 aromatic carbocycles. The number of nitrogens with two attached hydrogens (primary N) is 1. The number of rotatable bonds is 7. The third kappa shape index (κ3) is 4.27. The summed E-state index contributed by atoms with van der Waals surface area (Å²) in [7, 11) is 0. The highest BCUT2D eigenvalue weighted by Crippen LogP contribution is 2.22. The summed E-state index contributed by atoms with van der Waals surface area (Å²) in [5.41, 5.74) is 5.91. The van der Waals surface area contributed by atoms with Gasteiger partial charge in [0.2, 0.25) is 0 Å². The summed E-state index contributed by atoms with van der Waals surface area (Å²) in [6.45, 7) is 6.49. The molecule has 0 bridgehead atoms. The lowest BCUT2D eigenvalue weighted by Crippen LogP contribution is -2.21. The Morgan fingerprint density at radius 2 is 2.28 bits per heavy atom. The topological polar surface area (TPSA) is 88.2 Å². The van der Waals surface area contributed by atoms with Crippen molar-refractivity contribution in [3.8, 4) is 0 Å². The molecule has 0 aliphatic carbocycles. The molecule has 5 nitrogen and oxygen atoms in total. The molecule has 0 aliphatic heterocycles. The van der Waals surface area contributed by atoms with Gasteiger partial charge in [0.05, 0.1) is 5.69 Å². The van der Waals surface area contributed by atoms with Gasteiger partial charge in [0.1, 0.15) is 6.04 Å². The lowest BCUT2D eigenvalue weighted by molar-refractivity contribution is -0.138. The second kappa shape index (κ2) is 6.70. The first-order chi connectivity index (χ1) is 8.43. The summed E-state index contributed by atoms with van der Waals surface area (Å²) >= 11 is 1.39. The summed E-state index contributed by atoms with van der Waals surface area (Å²) in [6, 6.07) is -0.721. The minimum Gasteiger partial charge on any atom is -0.480 e. The van der Waals surface area contributed by atoms with E-state index in [1.165, 1.54) is 11.3 Å². The molecule has 6 heteroatoms. The van der Waals surface area contributed by atoms with Gasteiger partial charge < -0.3 is 16.2 Å². The fourth-order valence-electron chi connectivity index (χ4n) is 1.66. The van der Waals surface area contributed by atoms with Crippen molar-refractivity contribution < 1.29 is 9.90 Å². The average molecular weight is 271 g/mol. The second-order valence-corrected chi connectivity index (χ2v) is 5.55. The quantitative estimate of drug-likeness (QED) is 0.709. The Hall–Kier alpha value is -1.14. The Labute approximate surface area is 111 Å². The van der Waals surface area contributed by atoms with Crippen molar-refractivity contribution in [2.24, 2.45) is 11.7 Å².